The van der Waals surface area contributed by atoms with Crippen LogP contribution in [0.5, 0.6) is 0 Å². The van der Waals surface area contributed by atoms with Crippen molar-refractivity contribution in [3.63, 3.8) is 0 Å². The minimum Gasteiger partial charge on any atom is -0.435 e. The van der Waals surface area contributed by atoms with Crippen LogP contribution in [-0.4, -0.2) is 4.98 Å². The molecule has 0 amide bonds. The van der Waals surface area contributed by atoms with Gasteiger partial charge in [0.15, 0.2) is 5.58 Å². The third-order valence-electron chi connectivity index (χ3n) is 3.66. The number of hydrogen-bond donors (Lipinski definition) is 0. The Balaban J connectivity index is 2.19. The van der Waals surface area contributed by atoms with Crippen molar-refractivity contribution in [3.05, 3.63) is 48.8 Å². The Kier molecular flexibility index (Phi) is 4.49. The fraction of sp³-hybridized carbons (Fsp3) is 0.235. The molecule has 0 saturated carbocycles. The largest absolute Gasteiger partial charge is 0.435 e. The van der Waals surface area contributed by atoms with Crippen LogP contribution in [0, 0.1) is 6.92 Å². The number of rotatable bonds is 2. The molecular formula is C17H14Br3NO. The average molecular weight is 488 g/mol. The van der Waals surface area contributed by atoms with Crippen molar-refractivity contribution in [2.75, 3.05) is 0 Å². The van der Waals surface area contributed by atoms with Crippen LogP contribution in [-0.2, 0) is 0 Å². The van der Waals surface area contributed by atoms with Gasteiger partial charge in [-0.3, -0.25) is 0 Å². The topological polar surface area (TPSA) is 26.0 Å². The molecule has 1 heterocycles. The van der Waals surface area contributed by atoms with Gasteiger partial charge in [0.2, 0.25) is 5.89 Å². The van der Waals surface area contributed by atoms with Gasteiger partial charge >= 0.3 is 0 Å². The van der Waals surface area contributed by atoms with E-state index in [1.807, 2.05) is 12.1 Å². The lowest BCUT2D eigenvalue weighted by atomic mass is 10.0. The summed E-state index contributed by atoms with van der Waals surface area (Å²) in [6.45, 7) is 6.39. The zero-order valence-corrected chi connectivity index (χ0v) is 17.1. The monoisotopic (exact) mass is 485 g/mol. The van der Waals surface area contributed by atoms with Crippen LogP contribution in [0.4, 0.5) is 0 Å². The quantitative estimate of drug-likeness (QED) is 0.381. The zero-order chi connectivity index (χ0) is 16.0. The highest BCUT2D eigenvalue weighted by Crippen LogP contribution is 2.35. The molecule has 0 fully saturated rings. The van der Waals surface area contributed by atoms with Gasteiger partial charge < -0.3 is 4.42 Å². The van der Waals surface area contributed by atoms with Crippen molar-refractivity contribution in [3.8, 4) is 11.5 Å². The van der Waals surface area contributed by atoms with E-state index in [9.17, 15) is 0 Å². The summed E-state index contributed by atoms with van der Waals surface area (Å²) in [6, 6.07) is 8.25. The van der Waals surface area contributed by atoms with Crippen LogP contribution < -0.4 is 0 Å². The summed E-state index contributed by atoms with van der Waals surface area (Å²) in [5, 5.41) is 0. The van der Waals surface area contributed by atoms with Crippen LogP contribution in [0.3, 0.4) is 0 Å². The third-order valence-corrected chi connectivity index (χ3v) is 5.90. The molecule has 0 aliphatic heterocycles. The summed E-state index contributed by atoms with van der Waals surface area (Å²) in [7, 11) is 0. The zero-order valence-electron chi connectivity index (χ0n) is 12.4. The van der Waals surface area contributed by atoms with Crippen molar-refractivity contribution in [2.45, 2.75) is 26.7 Å². The molecule has 2 nitrogen and oxygen atoms in total. The van der Waals surface area contributed by atoms with Gasteiger partial charge in [0.25, 0.3) is 0 Å². The molecule has 3 rings (SSSR count). The first kappa shape index (κ1) is 16.2. The number of aromatic nitrogens is 1. The molecule has 0 unspecified atom stereocenters. The van der Waals surface area contributed by atoms with E-state index >= 15 is 0 Å². The summed E-state index contributed by atoms with van der Waals surface area (Å²) in [6.07, 6.45) is 0. The summed E-state index contributed by atoms with van der Waals surface area (Å²) >= 11 is 10.7. The van der Waals surface area contributed by atoms with Gasteiger partial charge in [-0.15, -0.1) is 0 Å². The van der Waals surface area contributed by atoms with E-state index in [-0.39, 0.29) is 0 Å². The Labute approximate surface area is 154 Å². The van der Waals surface area contributed by atoms with E-state index in [2.05, 4.69) is 85.7 Å². The number of halogens is 3. The van der Waals surface area contributed by atoms with Gasteiger partial charge in [-0.25, -0.2) is 4.98 Å². The Morgan fingerprint density at radius 2 is 1.59 bits per heavy atom. The predicted octanol–water partition coefficient (Wildman–Crippen LogP) is 7.21. The lowest BCUT2D eigenvalue weighted by molar-refractivity contribution is 0.618. The van der Waals surface area contributed by atoms with Crippen molar-refractivity contribution in [2.24, 2.45) is 0 Å². The van der Waals surface area contributed by atoms with Crippen LogP contribution >= 0.6 is 47.8 Å². The molecule has 2 aromatic carbocycles. The number of oxazole rings is 1. The molecule has 1 aromatic heterocycles. The van der Waals surface area contributed by atoms with E-state index in [1.165, 1.54) is 5.56 Å². The standard InChI is InChI=1S/C17H14Br3NO/c1-8(2)10-4-14(20)16-15(7-10)21-17(22-16)11-5-12(18)9(3)13(19)6-11/h4-8H,1-3H3. The number of nitrogens with zero attached hydrogens (tertiary/aromatic N) is 1. The van der Waals surface area contributed by atoms with E-state index in [0.717, 1.165) is 35.6 Å². The Hall–Kier alpha value is -0.650. The second-order valence-corrected chi connectivity index (χ2v) is 8.15. The van der Waals surface area contributed by atoms with Crippen LogP contribution in [0.15, 0.2) is 42.1 Å². The molecule has 5 heteroatoms. The fourth-order valence-electron chi connectivity index (χ4n) is 2.24. The first-order valence-electron chi connectivity index (χ1n) is 6.93. The van der Waals surface area contributed by atoms with Gasteiger partial charge in [0, 0.05) is 14.5 Å². The summed E-state index contributed by atoms with van der Waals surface area (Å²) in [4.78, 5) is 4.66. The van der Waals surface area contributed by atoms with Gasteiger partial charge in [-0.2, -0.15) is 0 Å². The first-order chi connectivity index (χ1) is 10.4. The molecule has 114 valence electrons. The molecule has 0 aliphatic carbocycles. The molecule has 0 bridgehead atoms. The minimum absolute atomic E-state index is 0.448. The Bertz CT molecular complexity index is 845. The van der Waals surface area contributed by atoms with Crippen molar-refractivity contribution in [1.82, 2.24) is 4.98 Å². The maximum Gasteiger partial charge on any atom is 0.227 e. The predicted molar refractivity (Wildman–Crippen MR) is 101 cm³/mol. The minimum atomic E-state index is 0.448. The van der Waals surface area contributed by atoms with Crippen molar-refractivity contribution >= 4 is 58.9 Å². The molecule has 0 spiro atoms. The van der Waals surface area contributed by atoms with Crippen molar-refractivity contribution < 1.29 is 4.42 Å². The molecule has 0 saturated heterocycles. The van der Waals surface area contributed by atoms with E-state index in [0.29, 0.717) is 11.8 Å². The van der Waals surface area contributed by atoms with E-state index in [1.54, 1.807) is 0 Å². The highest BCUT2D eigenvalue weighted by molar-refractivity contribution is 9.11. The van der Waals surface area contributed by atoms with Crippen LogP contribution in [0.1, 0.15) is 30.9 Å². The second kappa shape index (κ2) is 6.10. The van der Waals surface area contributed by atoms with Gasteiger partial charge in [0.05, 0.1) is 4.47 Å². The molecule has 3 aromatic rings. The lowest BCUT2D eigenvalue weighted by Gasteiger charge is -2.04. The smallest absolute Gasteiger partial charge is 0.227 e. The number of hydrogen-bond acceptors (Lipinski definition) is 2. The molecule has 0 aliphatic rings. The Morgan fingerprint density at radius 1 is 0.955 bits per heavy atom. The van der Waals surface area contributed by atoms with Crippen LogP contribution in [0.2, 0.25) is 0 Å². The number of benzene rings is 2. The van der Waals surface area contributed by atoms with Gasteiger partial charge in [-0.05, 0) is 64.2 Å². The highest BCUT2D eigenvalue weighted by Gasteiger charge is 2.15. The summed E-state index contributed by atoms with van der Waals surface area (Å²) in [5.74, 6) is 1.07. The average Bonchev–Trinajstić information content (AvgIpc) is 2.88. The molecule has 0 atom stereocenters. The maximum absolute atomic E-state index is 5.97. The Morgan fingerprint density at radius 3 is 2.18 bits per heavy atom. The summed E-state index contributed by atoms with van der Waals surface area (Å²) in [5.41, 5.74) is 5.00. The molecule has 0 N–H and O–H groups in total. The SMILES string of the molecule is Cc1c(Br)cc(-c2nc3cc(C(C)C)cc(Br)c3o2)cc1Br. The molecule has 22 heavy (non-hydrogen) atoms. The van der Waals surface area contributed by atoms with Crippen molar-refractivity contribution in [1.29, 1.82) is 0 Å². The van der Waals surface area contributed by atoms with E-state index in [4.69, 9.17) is 4.42 Å². The van der Waals surface area contributed by atoms with Crippen LogP contribution in [0.25, 0.3) is 22.6 Å². The third kappa shape index (κ3) is 2.91. The number of fused-ring (bicyclic) bond motifs is 1. The van der Waals surface area contributed by atoms with E-state index < -0.39 is 0 Å². The highest BCUT2D eigenvalue weighted by atomic mass is 79.9. The van der Waals surface area contributed by atoms with Gasteiger partial charge in [-0.1, -0.05) is 45.7 Å². The van der Waals surface area contributed by atoms with Gasteiger partial charge in [0.1, 0.15) is 5.52 Å². The first-order valence-corrected chi connectivity index (χ1v) is 9.30. The fourth-order valence-corrected chi connectivity index (χ4v) is 3.97. The lowest BCUT2D eigenvalue weighted by Crippen LogP contribution is -1.87. The second-order valence-electron chi connectivity index (χ2n) is 5.59. The summed E-state index contributed by atoms with van der Waals surface area (Å²) < 4.78 is 8.97. The normalized spacial score (nSPS) is 11.6. The molecule has 0 radical (unpaired) electrons. The molecular weight excluding hydrogens is 474 g/mol. The maximum atomic E-state index is 5.97.